The highest BCUT2D eigenvalue weighted by Gasteiger charge is 2.45. The summed E-state index contributed by atoms with van der Waals surface area (Å²) in [5, 5.41) is 9.09. The fourth-order valence-electron chi connectivity index (χ4n) is 3.12. The highest BCUT2D eigenvalue weighted by Crippen LogP contribution is 2.31. The van der Waals surface area contributed by atoms with Gasteiger partial charge in [-0.2, -0.15) is 17.0 Å². The van der Waals surface area contributed by atoms with Crippen molar-refractivity contribution >= 4 is 16.2 Å². The van der Waals surface area contributed by atoms with Crippen molar-refractivity contribution < 1.29 is 18.3 Å². The zero-order valence-corrected chi connectivity index (χ0v) is 12.3. The van der Waals surface area contributed by atoms with Crippen molar-refractivity contribution in [3.05, 3.63) is 0 Å². The van der Waals surface area contributed by atoms with Gasteiger partial charge in [0.05, 0.1) is 5.92 Å². The van der Waals surface area contributed by atoms with E-state index >= 15 is 0 Å². The topological polar surface area (TPSA) is 77.9 Å². The molecule has 2 fully saturated rings. The van der Waals surface area contributed by atoms with Crippen LogP contribution in [0.1, 0.15) is 39.5 Å². The Bertz CT molecular complexity index is 451. The van der Waals surface area contributed by atoms with Crippen LogP contribution < -0.4 is 0 Å². The minimum absolute atomic E-state index is 0.00910. The van der Waals surface area contributed by atoms with Gasteiger partial charge in [-0.15, -0.1) is 0 Å². The first-order valence-corrected chi connectivity index (χ1v) is 8.27. The van der Waals surface area contributed by atoms with Crippen molar-refractivity contribution in [2.24, 2.45) is 5.92 Å². The van der Waals surface area contributed by atoms with Crippen LogP contribution in [0.4, 0.5) is 0 Å². The summed E-state index contributed by atoms with van der Waals surface area (Å²) in [7, 11) is -3.52. The molecular formula is C12H22N2O4S. The van der Waals surface area contributed by atoms with Crippen LogP contribution in [0, 0.1) is 5.92 Å². The van der Waals surface area contributed by atoms with Gasteiger partial charge in [-0.3, -0.25) is 4.79 Å². The normalized spacial score (nSPS) is 34.5. The van der Waals surface area contributed by atoms with Crippen LogP contribution >= 0.6 is 0 Å². The number of carboxylic acid groups (broad SMARTS) is 1. The zero-order chi connectivity index (χ0) is 14.2. The van der Waals surface area contributed by atoms with Gasteiger partial charge in [-0.1, -0.05) is 6.42 Å². The molecule has 0 aromatic rings. The molecule has 7 heteroatoms. The predicted octanol–water partition coefficient (Wildman–Crippen LogP) is 0.901. The van der Waals surface area contributed by atoms with E-state index in [1.54, 1.807) is 6.92 Å². The molecule has 0 aromatic heterocycles. The predicted molar refractivity (Wildman–Crippen MR) is 70.8 cm³/mol. The van der Waals surface area contributed by atoms with Crippen molar-refractivity contribution in [2.45, 2.75) is 51.6 Å². The van der Waals surface area contributed by atoms with Crippen molar-refractivity contribution in [1.29, 1.82) is 0 Å². The Morgan fingerprint density at radius 1 is 1.11 bits per heavy atom. The van der Waals surface area contributed by atoms with Gasteiger partial charge in [0.1, 0.15) is 0 Å². The minimum atomic E-state index is -3.52. The first-order valence-electron chi connectivity index (χ1n) is 6.87. The summed E-state index contributed by atoms with van der Waals surface area (Å²) in [6.07, 6.45) is 3.22. The van der Waals surface area contributed by atoms with Crippen LogP contribution in [-0.2, 0) is 15.0 Å². The molecule has 1 N–H and O–H groups in total. The van der Waals surface area contributed by atoms with Crippen LogP contribution in [0.2, 0.25) is 0 Å². The van der Waals surface area contributed by atoms with Gasteiger partial charge in [-0.05, 0) is 33.1 Å². The van der Waals surface area contributed by atoms with E-state index in [0.29, 0.717) is 19.5 Å². The lowest BCUT2D eigenvalue weighted by atomic mass is 10.0. The van der Waals surface area contributed by atoms with E-state index in [0.717, 1.165) is 19.3 Å². The Balaban J connectivity index is 2.18. The summed E-state index contributed by atoms with van der Waals surface area (Å²) in [6, 6.07) is -0.452. The van der Waals surface area contributed by atoms with E-state index in [4.69, 9.17) is 5.11 Å². The van der Waals surface area contributed by atoms with Gasteiger partial charge < -0.3 is 5.11 Å². The van der Waals surface area contributed by atoms with E-state index < -0.39 is 28.1 Å². The second kappa shape index (κ2) is 5.38. The largest absolute Gasteiger partial charge is 0.481 e. The Morgan fingerprint density at radius 3 is 2.32 bits per heavy atom. The summed E-state index contributed by atoms with van der Waals surface area (Å²) in [5.74, 6) is -1.49. The standard InChI is InChI=1S/C12H22N2O4S/c1-9-5-3-4-7-13(9)19(17,18)14-8-6-11(10(14)2)12(15)16/h9-11H,3-8H2,1-2H3,(H,15,16). The lowest BCUT2D eigenvalue weighted by Gasteiger charge is -2.36. The third kappa shape index (κ3) is 2.64. The number of rotatable bonds is 3. The Hall–Kier alpha value is -0.660. The SMILES string of the molecule is CC1CCCCN1S(=O)(=O)N1CCC(C(=O)O)C1C. The molecule has 2 saturated heterocycles. The highest BCUT2D eigenvalue weighted by molar-refractivity contribution is 7.86. The number of piperidine rings is 1. The summed E-state index contributed by atoms with van der Waals surface area (Å²) >= 11 is 0. The molecule has 0 aliphatic carbocycles. The van der Waals surface area contributed by atoms with Gasteiger partial charge in [0.2, 0.25) is 0 Å². The number of hydrogen-bond donors (Lipinski definition) is 1. The van der Waals surface area contributed by atoms with Crippen LogP contribution in [0.3, 0.4) is 0 Å². The Morgan fingerprint density at radius 2 is 1.79 bits per heavy atom. The molecule has 0 aromatic carbocycles. The number of carbonyl (C=O) groups is 1. The molecule has 0 bridgehead atoms. The third-order valence-electron chi connectivity index (χ3n) is 4.35. The van der Waals surface area contributed by atoms with Crippen molar-refractivity contribution in [1.82, 2.24) is 8.61 Å². The first-order chi connectivity index (χ1) is 8.85. The lowest BCUT2D eigenvalue weighted by molar-refractivity contribution is -0.142. The van der Waals surface area contributed by atoms with Crippen LogP contribution in [0.25, 0.3) is 0 Å². The lowest BCUT2D eigenvalue weighted by Crippen LogP contribution is -2.51. The molecule has 2 aliphatic heterocycles. The monoisotopic (exact) mass is 290 g/mol. The summed E-state index contributed by atoms with van der Waals surface area (Å²) in [5.41, 5.74) is 0. The van der Waals surface area contributed by atoms with E-state index in [2.05, 4.69) is 0 Å². The molecule has 110 valence electrons. The van der Waals surface area contributed by atoms with E-state index in [1.165, 1.54) is 8.61 Å². The average molecular weight is 290 g/mol. The molecule has 2 heterocycles. The van der Waals surface area contributed by atoms with Gasteiger partial charge in [-0.25, -0.2) is 0 Å². The second-order valence-corrected chi connectivity index (χ2v) is 7.38. The van der Waals surface area contributed by atoms with Gasteiger partial charge in [0.25, 0.3) is 10.2 Å². The number of carboxylic acids is 1. The molecule has 6 nitrogen and oxygen atoms in total. The average Bonchev–Trinajstić information content (AvgIpc) is 2.72. The maximum Gasteiger partial charge on any atom is 0.308 e. The fourth-order valence-corrected chi connectivity index (χ4v) is 5.21. The van der Waals surface area contributed by atoms with Crippen LogP contribution in [-0.4, -0.2) is 53.3 Å². The molecule has 2 aliphatic rings. The second-order valence-electron chi connectivity index (χ2n) is 5.55. The first kappa shape index (κ1) is 14.7. The highest BCUT2D eigenvalue weighted by atomic mass is 32.2. The van der Waals surface area contributed by atoms with Crippen LogP contribution in [0.15, 0.2) is 0 Å². The molecule has 3 unspecified atom stereocenters. The number of aliphatic carboxylic acids is 1. The molecule has 0 spiro atoms. The molecule has 19 heavy (non-hydrogen) atoms. The molecule has 0 amide bonds. The summed E-state index contributed by atoms with van der Waals surface area (Å²) in [6.45, 7) is 4.47. The molecule has 2 rings (SSSR count). The Labute approximate surface area is 114 Å². The van der Waals surface area contributed by atoms with E-state index in [-0.39, 0.29) is 6.04 Å². The van der Waals surface area contributed by atoms with Crippen LogP contribution in [0.5, 0.6) is 0 Å². The van der Waals surface area contributed by atoms with Gasteiger partial charge >= 0.3 is 5.97 Å². The van der Waals surface area contributed by atoms with Gasteiger partial charge in [0, 0.05) is 25.2 Å². The van der Waals surface area contributed by atoms with E-state index in [9.17, 15) is 13.2 Å². The molecule has 0 radical (unpaired) electrons. The smallest absolute Gasteiger partial charge is 0.308 e. The minimum Gasteiger partial charge on any atom is -0.481 e. The quantitative estimate of drug-likeness (QED) is 0.837. The maximum atomic E-state index is 12.6. The molecule has 0 saturated carbocycles. The van der Waals surface area contributed by atoms with Crippen molar-refractivity contribution in [2.75, 3.05) is 13.1 Å². The number of nitrogens with zero attached hydrogens (tertiary/aromatic N) is 2. The maximum absolute atomic E-state index is 12.6. The molecule has 3 atom stereocenters. The Kier molecular flexibility index (Phi) is 4.17. The zero-order valence-electron chi connectivity index (χ0n) is 11.4. The summed E-state index contributed by atoms with van der Waals surface area (Å²) in [4.78, 5) is 11.1. The van der Waals surface area contributed by atoms with E-state index in [1.807, 2.05) is 6.92 Å². The summed E-state index contributed by atoms with van der Waals surface area (Å²) < 4.78 is 28.2. The fraction of sp³-hybridized carbons (Fsp3) is 0.917. The molecular weight excluding hydrogens is 268 g/mol. The van der Waals surface area contributed by atoms with Crippen molar-refractivity contribution in [3.63, 3.8) is 0 Å². The van der Waals surface area contributed by atoms with Gasteiger partial charge in [0.15, 0.2) is 0 Å². The third-order valence-corrected chi connectivity index (χ3v) is 6.59. The van der Waals surface area contributed by atoms with Crippen molar-refractivity contribution in [3.8, 4) is 0 Å². The number of hydrogen-bond acceptors (Lipinski definition) is 3.